The number of fused-ring (bicyclic) bond motifs is 2. The van der Waals surface area contributed by atoms with Crippen molar-refractivity contribution >= 4 is 18.6 Å². The van der Waals surface area contributed by atoms with E-state index in [1.54, 1.807) is 11.1 Å². The van der Waals surface area contributed by atoms with E-state index in [0.717, 1.165) is 11.8 Å². The molecule has 4 aliphatic rings. The third-order valence-corrected chi connectivity index (χ3v) is 4.42. The molecule has 4 aliphatic carbocycles. The number of rotatable bonds is 0. The Hall–Kier alpha value is -0.00571. The normalized spacial score (nSPS) is 27.3. The first-order valence-corrected chi connectivity index (χ1v) is 12.0. The molecule has 21 heavy (non-hydrogen) atoms. The minimum atomic E-state index is -0.556. The number of halogens is 2. The molecule has 0 N–H and O–H groups in total. The molecular weight excluding hydrogens is 335 g/mol. The van der Waals surface area contributed by atoms with Crippen LogP contribution in [0.4, 0.5) is 0 Å². The fourth-order valence-electron chi connectivity index (χ4n) is 3.33. The molecule has 2 unspecified atom stereocenters. The molecule has 114 valence electrons. The van der Waals surface area contributed by atoms with E-state index in [1.165, 1.54) is 38.5 Å². The van der Waals surface area contributed by atoms with Gasteiger partial charge in [0.05, 0.1) is 0 Å². The molecule has 4 rings (SSSR count). The summed E-state index contributed by atoms with van der Waals surface area (Å²) in [6.07, 6.45) is 26.1. The molecule has 0 saturated heterocycles. The third kappa shape index (κ3) is 5.60. The topological polar surface area (TPSA) is 0 Å². The molecule has 2 saturated carbocycles. The van der Waals surface area contributed by atoms with E-state index in [0.29, 0.717) is 0 Å². The van der Waals surface area contributed by atoms with E-state index in [1.807, 2.05) is 0 Å². The van der Waals surface area contributed by atoms with Crippen LogP contribution in [0, 0.1) is 24.7 Å². The predicted molar refractivity (Wildman–Crippen MR) is 89.4 cm³/mol. The van der Waals surface area contributed by atoms with Crippen LogP contribution in [0.1, 0.15) is 38.5 Å². The van der Waals surface area contributed by atoms with Gasteiger partial charge in [-0.25, -0.2) is 36.1 Å². The SMILES string of the molecule is C1=CCC2CC[CH-]C2=C1.C1=CCC2CC[CH-]C2=C1.[Cl][Ti][Cl]. The van der Waals surface area contributed by atoms with Crippen molar-refractivity contribution in [3.05, 3.63) is 60.4 Å². The molecule has 0 aliphatic heterocycles. The van der Waals surface area contributed by atoms with Gasteiger partial charge in [-0.1, -0.05) is 12.8 Å². The molecule has 0 aromatic carbocycles. The van der Waals surface area contributed by atoms with Gasteiger partial charge in [-0.15, -0.1) is 37.1 Å². The Balaban J connectivity index is 0.000000130. The summed E-state index contributed by atoms with van der Waals surface area (Å²) in [7, 11) is 9.78. The van der Waals surface area contributed by atoms with E-state index < -0.39 is 17.0 Å². The van der Waals surface area contributed by atoms with Crippen molar-refractivity contribution < 1.29 is 17.0 Å². The summed E-state index contributed by atoms with van der Waals surface area (Å²) in [6.45, 7) is 0. The average molecular weight is 357 g/mol. The van der Waals surface area contributed by atoms with Gasteiger partial charge in [0.2, 0.25) is 0 Å². The van der Waals surface area contributed by atoms with Crippen molar-refractivity contribution in [2.75, 3.05) is 0 Å². The first kappa shape index (κ1) is 17.3. The summed E-state index contributed by atoms with van der Waals surface area (Å²) in [6, 6.07) is 0. The second kappa shape index (κ2) is 9.90. The maximum absolute atomic E-state index is 4.89. The van der Waals surface area contributed by atoms with Gasteiger partial charge in [0.15, 0.2) is 0 Å². The van der Waals surface area contributed by atoms with Gasteiger partial charge in [-0.3, -0.25) is 0 Å². The molecule has 2 fully saturated rings. The molecule has 0 aromatic heterocycles. The van der Waals surface area contributed by atoms with E-state index >= 15 is 0 Å². The quantitative estimate of drug-likeness (QED) is 0.350. The second-order valence-corrected chi connectivity index (χ2v) is 8.27. The summed E-state index contributed by atoms with van der Waals surface area (Å²) in [5, 5.41) is 0. The van der Waals surface area contributed by atoms with Crippen LogP contribution in [0.15, 0.2) is 47.6 Å². The number of allylic oxidation sites excluding steroid dienone is 8. The Labute approximate surface area is 146 Å². The molecule has 0 nitrogen and oxygen atoms in total. The monoisotopic (exact) mass is 356 g/mol. The van der Waals surface area contributed by atoms with Gasteiger partial charge in [-0.05, 0) is 24.7 Å². The van der Waals surface area contributed by atoms with Crippen molar-refractivity contribution in [2.45, 2.75) is 38.5 Å². The van der Waals surface area contributed by atoms with Gasteiger partial charge in [0.25, 0.3) is 0 Å². The standard InChI is InChI=1S/2C9H11.2ClH.Ti/c2*1-2-5-9-7-3-6-8(9)4-1;;;/h2*1-2,4,6,9H,3,5,7H2;2*1H;/q2*-1;;;+2/p-2. The second-order valence-electron chi connectivity index (χ2n) is 5.69. The zero-order valence-electron chi connectivity index (χ0n) is 12.3. The van der Waals surface area contributed by atoms with Gasteiger partial charge in [0.1, 0.15) is 0 Å². The first-order chi connectivity index (χ1) is 10.3. The van der Waals surface area contributed by atoms with Gasteiger partial charge < -0.3 is 0 Å². The van der Waals surface area contributed by atoms with Crippen LogP contribution in [0.25, 0.3) is 0 Å². The van der Waals surface area contributed by atoms with Crippen molar-refractivity contribution in [1.82, 2.24) is 0 Å². The average Bonchev–Trinajstić information content (AvgIpc) is 3.17. The Morgan fingerprint density at radius 1 is 0.857 bits per heavy atom. The summed E-state index contributed by atoms with van der Waals surface area (Å²) >= 11 is -0.556. The first-order valence-electron chi connectivity index (χ1n) is 7.71. The third-order valence-electron chi connectivity index (χ3n) is 4.42. The van der Waals surface area contributed by atoms with Crippen molar-refractivity contribution in [1.29, 1.82) is 0 Å². The van der Waals surface area contributed by atoms with Crippen LogP contribution in [0.2, 0.25) is 0 Å². The molecule has 0 amide bonds. The summed E-state index contributed by atoms with van der Waals surface area (Å²) in [4.78, 5) is 0. The van der Waals surface area contributed by atoms with E-state index in [4.69, 9.17) is 18.6 Å². The molecule has 0 spiro atoms. The Kier molecular flexibility index (Phi) is 8.18. The molecule has 0 aromatic rings. The van der Waals surface area contributed by atoms with Crippen molar-refractivity contribution in [3.8, 4) is 0 Å². The number of hydrogen-bond acceptors (Lipinski definition) is 0. The Bertz CT molecular complexity index is 394. The summed E-state index contributed by atoms with van der Waals surface area (Å²) < 4.78 is 0. The fraction of sp³-hybridized carbons (Fsp3) is 0.444. The van der Waals surface area contributed by atoms with Crippen molar-refractivity contribution in [3.63, 3.8) is 0 Å². The maximum atomic E-state index is 4.89. The van der Waals surface area contributed by atoms with Crippen LogP contribution in [0.5, 0.6) is 0 Å². The van der Waals surface area contributed by atoms with Crippen LogP contribution >= 0.6 is 18.6 Å². The minimum absolute atomic E-state index is 0.556. The predicted octanol–water partition coefficient (Wildman–Crippen LogP) is 6.35. The molecule has 3 heteroatoms. The summed E-state index contributed by atoms with van der Waals surface area (Å²) in [5.41, 5.74) is 3.16. The fourth-order valence-corrected chi connectivity index (χ4v) is 3.33. The van der Waals surface area contributed by atoms with Gasteiger partial charge in [0, 0.05) is 0 Å². The Morgan fingerprint density at radius 2 is 1.29 bits per heavy atom. The molecule has 0 heterocycles. The molecule has 0 bridgehead atoms. The number of hydrogen-bond donors (Lipinski definition) is 0. The van der Waals surface area contributed by atoms with Crippen LogP contribution in [0.3, 0.4) is 0 Å². The molecule has 2 atom stereocenters. The van der Waals surface area contributed by atoms with Crippen LogP contribution < -0.4 is 0 Å². The Morgan fingerprint density at radius 3 is 1.67 bits per heavy atom. The van der Waals surface area contributed by atoms with E-state index in [-0.39, 0.29) is 0 Å². The zero-order chi connectivity index (χ0) is 14.9. The molecular formula is C18H22Cl2Ti-2. The van der Waals surface area contributed by atoms with Gasteiger partial charge >= 0.3 is 35.6 Å². The van der Waals surface area contributed by atoms with Crippen LogP contribution in [-0.4, -0.2) is 0 Å². The van der Waals surface area contributed by atoms with E-state index in [2.05, 4.69) is 49.3 Å². The van der Waals surface area contributed by atoms with E-state index in [9.17, 15) is 0 Å². The summed E-state index contributed by atoms with van der Waals surface area (Å²) in [5.74, 6) is 1.77. The molecule has 0 radical (unpaired) electrons. The van der Waals surface area contributed by atoms with Crippen LogP contribution in [-0.2, 0) is 17.0 Å². The van der Waals surface area contributed by atoms with Crippen molar-refractivity contribution in [2.24, 2.45) is 11.8 Å². The van der Waals surface area contributed by atoms with Gasteiger partial charge in [-0.2, -0.15) is 0 Å². The zero-order valence-corrected chi connectivity index (χ0v) is 15.3.